The Morgan fingerprint density at radius 2 is 1.96 bits per heavy atom. The van der Waals surface area contributed by atoms with Crippen LogP contribution >= 0.6 is 0 Å². The summed E-state index contributed by atoms with van der Waals surface area (Å²) in [5.74, 6) is 3.53. The molecule has 0 saturated carbocycles. The van der Waals surface area contributed by atoms with Gasteiger partial charge in [-0.05, 0) is 30.9 Å². The molecule has 1 amide bonds. The normalized spacial score (nSPS) is 20.1. The molecule has 1 aromatic heterocycles. The Kier molecular flexibility index (Phi) is 5.05. The summed E-state index contributed by atoms with van der Waals surface area (Å²) in [6, 6.07) is 7.50. The molecule has 0 aliphatic carbocycles. The van der Waals surface area contributed by atoms with Gasteiger partial charge in [-0.15, -0.1) is 0 Å². The maximum absolute atomic E-state index is 12.8. The number of rotatable bonds is 4. The SMILES string of the molecule is CC(C)c1nccn1CC1CCN(C(=O)C2COc3ccccc3O2)CC1. The Bertz CT molecular complexity index is 793. The minimum absolute atomic E-state index is 0.0356. The van der Waals surface area contributed by atoms with E-state index in [1.807, 2.05) is 35.4 Å². The number of imidazole rings is 1. The molecule has 6 nitrogen and oxygen atoms in total. The van der Waals surface area contributed by atoms with Gasteiger partial charge in [0.2, 0.25) is 6.10 Å². The van der Waals surface area contributed by atoms with E-state index in [0.717, 1.165) is 38.3 Å². The maximum atomic E-state index is 12.8. The summed E-state index contributed by atoms with van der Waals surface area (Å²) in [5, 5.41) is 0. The third kappa shape index (κ3) is 3.80. The van der Waals surface area contributed by atoms with E-state index in [9.17, 15) is 4.79 Å². The first-order valence-electron chi connectivity index (χ1n) is 9.80. The van der Waals surface area contributed by atoms with Gasteiger partial charge < -0.3 is 18.9 Å². The number of hydrogen-bond acceptors (Lipinski definition) is 4. The van der Waals surface area contributed by atoms with Crippen molar-refractivity contribution in [3.05, 3.63) is 42.5 Å². The van der Waals surface area contributed by atoms with Gasteiger partial charge in [-0.1, -0.05) is 26.0 Å². The summed E-state index contributed by atoms with van der Waals surface area (Å²) in [5.41, 5.74) is 0. The molecular weight excluding hydrogens is 342 g/mol. The molecule has 6 heteroatoms. The number of aromatic nitrogens is 2. The smallest absolute Gasteiger partial charge is 0.267 e. The van der Waals surface area contributed by atoms with E-state index in [1.54, 1.807) is 0 Å². The van der Waals surface area contributed by atoms with Crippen LogP contribution in [0.25, 0.3) is 0 Å². The zero-order valence-corrected chi connectivity index (χ0v) is 16.0. The van der Waals surface area contributed by atoms with E-state index in [-0.39, 0.29) is 12.5 Å². The molecule has 2 aromatic rings. The lowest BCUT2D eigenvalue weighted by molar-refractivity contribution is -0.142. The molecule has 0 radical (unpaired) electrons. The predicted octanol–water partition coefficient (Wildman–Crippen LogP) is 3.09. The van der Waals surface area contributed by atoms with Gasteiger partial charge in [-0.3, -0.25) is 4.79 Å². The van der Waals surface area contributed by atoms with Crippen molar-refractivity contribution >= 4 is 5.91 Å². The molecule has 1 atom stereocenters. The van der Waals surface area contributed by atoms with Gasteiger partial charge in [0.05, 0.1) is 0 Å². The largest absolute Gasteiger partial charge is 0.485 e. The summed E-state index contributed by atoms with van der Waals surface area (Å²) < 4.78 is 13.8. The monoisotopic (exact) mass is 369 g/mol. The Balaban J connectivity index is 1.31. The van der Waals surface area contributed by atoms with E-state index >= 15 is 0 Å². The Labute approximate surface area is 160 Å². The van der Waals surface area contributed by atoms with E-state index in [4.69, 9.17) is 9.47 Å². The zero-order valence-electron chi connectivity index (χ0n) is 16.0. The Morgan fingerprint density at radius 3 is 2.70 bits per heavy atom. The second kappa shape index (κ2) is 7.62. The molecule has 0 spiro atoms. The highest BCUT2D eigenvalue weighted by Gasteiger charge is 2.33. The molecule has 0 bridgehead atoms. The lowest BCUT2D eigenvalue weighted by Crippen LogP contribution is -2.49. The average Bonchev–Trinajstić information content (AvgIpc) is 3.16. The number of likely N-dealkylation sites (tertiary alicyclic amines) is 1. The highest BCUT2D eigenvalue weighted by molar-refractivity contribution is 5.82. The zero-order chi connectivity index (χ0) is 18.8. The molecule has 2 aliphatic rings. The first-order valence-corrected chi connectivity index (χ1v) is 9.80. The number of carbonyl (C=O) groups excluding carboxylic acids is 1. The molecular formula is C21H27N3O3. The van der Waals surface area contributed by atoms with Gasteiger partial charge in [0.1, 0.15) is 12.4 Å². The number of fused-ring (bicyclic) bond motifs is 1. The van der Waals surface area contributed by atoms with Crippen molar-refractivity contribution in [2.45, 2.75) is 45.3 Å². The molecule has 2 aliphatic heterocycles. The fourth-order valence-corrected chi connectivity index (χ4v) is 3.93. The van der Waals surface area contributed by atoms with Crippen molar-refractivity contribution in [2.24, 2.45) is 5.92 Å². The third-order valence-electron chi connectivity index (χ3n) is 5.43. The van der Waals surface area contributed by atoms with Gasteiger partial charge in [0, 0.05) is 37.9 Å². The van der Waals surface area contributed by atoms with E-state index in [2.05, 4.69) is 29.6 Å². The minimum atomic E-state index is -0.544. The Hall–Kier alpha value is -2.50. The summed E-state index contributed by atoms with van der Waals surface area (Å²) in [4.78, 5) is 19.2. The predicted molar refractivity (Wildman–Crippen MR) is 102 cm³/mol. The van der Waals surface area contributed by atoms with Crippen molar-refractivity contribution in [1.29, 1.82) is 0 Å². The second-order valence-electron chi connectivity index (χ2n) is 7.73. The standard InChI is InChI=1S/C21H27N3O3/c1-15(2)20-22-9-12-24(20)13-16-7-10-23(11-8-16)21(25)19-14-26-17-5-3-4-6-18(17)27-19/h3-6,9,12,15-16,19H,7-8,10-11,13-14H2,1-2H3. The lowest BCUT2D eigenvalue weighted by Gasteiger charge is -2.35. The number of nitrogens with zero attached hydrogens (tertiary/aromatic N) is 3. The van der Waals surface area contributed by atoms with Crippen molar-refractivity contribution < 1.29 is 14.3 Å². The van der Waals surface area contributed by atoms with Gasteiger partial charge >= 0.3 is 0 Å². The minimum Gasteiger partial charge on any atom is -0.485 e. The summed E-state index contributed by atoms with van der Waals surface area (Å²) >= 11 is 0. The number of carbonyl (C=O) groups is 1. The van der Waals surface area contributed by atoms with Crippen molar-refractivity contribution in [2.75, 3.05) is 19.7 Å². The highest BCUT2D eigenvalue weighted by Crippen LogP contribution is 2.32. The molecule has 144 valence electrons. The van der Waals surface area contributed by atoms with Crippen LogP contribution in [-0.2, 0) is 11.3 Å². The quantitative estimate of drug-likeness (QED) is 0.831. The first kappa shape index (κ1) is 17.9. The van der Waals surface area contributed by atoms with Crippen LogP contribution in [0.2, 0.25) is 0 Å². The van der Waals surface area contributed by atoms with E-state index in [1.165, 1.54) is 0 Å². The van der Waals surface area contributed by atoms with Crippen LogP contribution in [-0.4, -0.2) is 46.2 Å². The topological polar surface area (TPSA) is 56.6 Å². The van der Waals surface area contributed by atoms with Crippen LogP contribution in [0.15, 0.2) is 36.7 Å². The molecule has 1 fully saturated rings. The van der Waals surface area contributed by atoms with Crippen LogP contribution in [0, 0.1) is 5.92 Å². The fourth-order valence-electron chi connectivity index (χ4n) is 3.93. The van der Waals surface area contributed by atoms with E-state index in [0.29, 0.717) is 23.3 Å². The molecule has 4 rings (SSSR count). The van der Waals surface area contributed by atoms with Gasteiger partial charge in [-0.25, -0.2) is 4.98 Å². The summed E-state index contributed by atoms with van der Waals surface area (Å²) in [6.07, 6.45) is 5.42. The summed E-state index contributed by atoms with van der Waals surface area (Å²) in [7, 11) is 0. The average molecular weight is 369 g/mol. The van der Waals surface area contributed by atoms with Crippen LogP contribution in [0.3, 0.4) is 0 Å². The van der Waals surface area contributed by atoms with Crippen LogP contribution in [0.4, 0.5) is 0 Å². The number of piperidine rings is 1. The van der Waals surface area contributed by atoms with Crippen LogP contribution in [0.5, 0.6) is 11.5 Å². The Morgan fingerprint density at radius 1 is 1.22 bits per heavy atom. The third-order valence-corrected chi connectivity index (χ3v) is 5.43. The van der Waals surface area contributed by atoms with Gasteiger partial charge in [0.25, 0.3) is 5.91 Å². The van der Waals surface area contributed by atoms with Gasteiger partial charge in [-0.2, -0.15) is 0 Å². The molecule has 3 heterocycles. The van der Waals surface area contributed by atoms with Crippen molar-refractivity contribution in [3.8, 4) is 11.5 Å². The number of para-hydroxylation sites is 2. The highest BCUT2D eigenvalue weighted by atomic mass is 16.6. The maximum Gasteiger partial charge on any atom is 0.267 e. The molecule has 0 N–H and O–H groups in total. The number of ether oxygens (including phenoxy) is 2. The first-order chi connectivity index (χ1) is 13.1. The summed E-state index contributed by atoms with van der Waals surface area (Å²) in [6.45, 7) is 7.15. The molecule has 1 unspecified atom stereocenters. The molecule has 1 aromatic carbocycles. The molecule has 27 heavy (non-hydrogen) atoms. The van der Waals surface area contributed by atoms with Crippen LogP contribution in [0.1, 0.15) is 38.4 Å². The fraction of sp³-hybridized carbons (Fsp3) is 0.524. The molecule has 1 saturated heterocycles. The van der Waals surface area contributed by atoms with E-state index < -0.39 is 6.10 Å². The number of benzene rings is 1. The van der Waals surface area contributed by atoms with Gasteiger partial charge in [0.15, 0.2) is 11.5 Å². The van der Waals surface area contributed by atoms with Crippen molar-refractivity contribution in [3.63, 3.8) is 0 Å². The van der Waals surface area contributed by atoms with Crippen LogP contribution < -0.4 is 9.47 Å². The van der Waals surface area contributed by atoms with Crippen molar-refractivity contribution in [1.82, 2.24) is 14.5 Å². The lowest BCUT2D eigenvalue weighted by atomic mass is 9.96. The number of hydrogen-bond donors (Lipinski definition) is 0. The number of amides is 1. The second-order valence-corrected chi connectivity index (χ2v) is 7.73.